The van der Waals surface area contributed by atoms with E-state index >= 15 is 0 Å². The van der Waals surface area contributed by atoms with Gasteiger partial charge in [-0.1, -0.05) is 24.3 Å². The lowest BCUT2D eigenvalue weighted by Crippen LogP contribution is -2.44. The van der Waals surface area contributed by atoms with Crippen molar-refractivity contribution < 1.29 is 4.79 Å². The van der Waals surface area contributed by atoms with E-state index in [1.807, 2.05) is 6.92 Å². The zero-order chi connectivity index (χ0) is 16.2. The Hall–Kier alpha value is -1.40. The van der Waals surface area contributed by atoms with E-state index in [9.17, 15) is 4.79 Å². The molecule has 0 bridgehead atoms. The first-order valence-corrected chi connectivity index (χ1v) is 9.97. The number of carbonyl (C=O) groups excluding carboxylic acids is 1. The standard InChI is InChI=1S/C17H23N3OS2/c1-2-14-15(23-17(18)19-14)16(21)20-10-4-3-6-12(20)8-9-13-7-5-11-22-13/h5,7,11-12H,2-4,6,8-10H2,1H3,(H2,18,19). The minimum atomic E-state index is 0.131. The monoisotopic (exact) mass is 349 g/mol. The Morgan fingerprint density at radius 3 is 3.09 bits per heavy atom. The van der Waals surface area contributed by atoms with Gasteiger partial charge in [-0.2, -0.15) is 0 Å². The van der Waals surface area contributed by atoms with Gasteiger partial charge in [-0.15, -0.1) is 11.3 Å². The number of carbonyl (C=O) groups is 1. The molecule has 1 saturated heterocycles. The van der Waals surface area contributed by atoms with Crippen LogP contribution in [0.4, 0.5) is 5.13 Å². The van der Waals surface area contributed by atoms with Gasteiger partial charge in [0.25, 0.3) is 5.91 Å². The molecule has 1 amide bonds. The quantitative estimate of drug-likeness (QED) is 0.888. The SMILES string of the molecule is CCc1nc(N)sc1C(=O)N1CCCCC1CCc1cccs1. The number of piperidine rings is 1. The summed E-state index contributed by atoms with van der Waals surface area (Å²) in [6.07, 6.45) is 6.26. The van der Waals surface area contributed by atoms with Gasteiger partial charge < -0.3 is 10.6 Å². The van der Waals surface area contributed by atoms with Crippen LogP contribution >= 0.6 is 22.7 Å². The van der Waals surface area contributed by atoms with Gasteiger partial charge >= 0.3 is 0 Å². The molecule has 1 unspecified atom stereocenters. The van der Waals surface area contributed by atoms with Crippen molar-refractivity contribution in [3.63, 3.8) is 0 Å². The molecule has 0 aromatic carbocycles. The molecule has 1 atom stereocenters. The molecule has 6 heteroatoms. The Morgan fingerprint density at radius 2 is 2.35 bits per heavy atom. The average Bonchev–Trinajstić information content (AvgIpc) is 3.21. The van der Waals surface area contributed by atoms with Crippen LogP contribution in [-0.2, 0) is 12.8 Å². The highest BCUT2D eigenvalue weighted by Gasteiger charge is 2.30. The molecule has 124 valence electrons. The maximum atomic E-state index is 13.0. The fourth-order valence-corrected chi connectivity index (χ4v) is 4.84. The Labute approximate surface area is 145 Å². The predicted octanol–water partition coefficient (Wildman–Crippen LogP) is 3.98. The van der Waals surface area contributed by atoms with Crippen molar-refractivity contribution in [2.45, 2.75) is 51.5 Å². The van der Waals surface area contributed by atoms with E-state index in [0.717, 1.165) is 49.2 Å². The summed E-state index contributed by atoms with van der Waals surface area (Å²) >= 11 is 3.14. The summed E-state index contributed by atoms with van der Waals surface area (Å²) in [7, 11) is 0. The molecular weight excluding hydrogens is 326 g/mol. The second kappa shape index (κ2) is 7.45. The first-order valence-electron chi connectivity index (χ1n) is 8.27. The fraction of sp³-hybridized carbons (Fsp3) is 0.529. The van der Waals surface area contributed by atoms with Gasteiger partial charge in [0.05, 0.1) is 5.69 Å². The van der Waals surface area contributed by atoms with Crippen LogP contribution in [0.25, 0.3) is 0 Å². The summed E-state index contributed by atoms with van der Waals surface area (Å²) in [5.41, 5.74) is 6.67. The van der Waals surface area contributed by atoms with Gasteiger partial charge in [-0.3, -0.25) is 4.79 Å². The average molecular weight is 350 g/mol. The number of hydrogen-bond donors (Lipinski definition) is 1. The lowest BCUT2D eigenvalue weighted by atomic mass is 9.97. The van der Waals surface area contributed by atoms with Crippen LogP contribution in [0.15, 0.2) is 17.5 Å². The smallest absolute Gasteiger partial charge is 0.266 e. The summed E-state index contributed by atoms with van der Waals surface area (Å²) in [6.45, 7) is 2.88. The van der Waals surface area contributed by atoms with E-state index in [4.69, 9.17) is 5.73 Å². The Balaban J connectivity index is 1.73. The molecule has 0 spiro atoms. The van der Waals surface area contributed by atoms with Gasteiger partial charge in [0.1, 0.15) is 4.88 Å². The lowest BCUT2D eigenvalue weighted by molar-refractivity contribution is 0.0606. The van der Waals surface area contributed by atoms with Crippen molar-refractivity contribution in [1.82, 2.24) is 9.88 Å². The summed E-state index contributed by atoms with van der Waals surface area (Å²) < 4.78 is 0. The number of amides is 1. The number of thiazole rings is 1. The number of nitrogens with two attached hydrogens (primary N) is 1. The first kappa shape index (κ1) is 16.5. The fourth-order valence-electron chi connectivity index (χ4n) is 3.24. The van der Waals surface area contributed by atoms with Crippen LogP contribution in [-0.4, -0.2) is 28.4 Å². The number of likely N-dealkylation sites (tertiary alicyclic amines) is 1. The minimum absolute atomic E-state index is 0.131. The van der Waals surface area contributed by atoms with Crippen LogP contribution in [0.1, 0.15) is 52.8 Å². The molecule has 2 aromatic rings. The van der Waals surface area contributed by atoms with E-state index in [1.165, 1.54) is 22.6 Å². The summed E-state index contributed by atoms with van der Waals surface area (Å²) in [5, 5.41) is 2.62. The molecule has 0 radical (unpaired) electrons. The molecule has 1 aliphatic rings. The molecule has 0 saturated carbocycles. The van der Waals surface area contributed by atoms with Crippen LogP contribution in [0.2, 0.25) is 0 Å². The van der Waals surface area contributed by atoms with E-state index in [2.05, 4.69) is 27.4 Å². The number of thiophene rings is 1. The van der Waals surface area contributed by atoms with Gasteiger partial charge in [-0.25, -0.2) is 4.98 Å². The van der Waals surface area contributed by atoms with Crippen LogP contribution < -0.4 is 5.73 Å². The molecule has 2 N–H and O–H groups in total. The molecule has 1 fully saturated rings. The summed E-state index contributed by atoms with van der Waals surface area (Å²) in [5.74, 6) is 0.131. The maximum Gasteiger partial charge on any atom is 0.266 e. The molecule has 0 aliphatic carbocycles. The van der Waals surface area contributed by atoms with E-state index in [-0.39, 0.29) is 5.91 Å². The number of hydrogen-bond acceptors (Lipinski definition) is 5. The predicted molar refractivity (Wildman–Crippen MR) is 97.2 cm³/mol. The van der Waals surface area contributed by atoms with Gasteiger partial charge in [0, 0.05) is 17.5 Å². The third kappa shape index (κ3) is 3.75. The molecule has 1 aliphatic heterocycles. The van der Waals surface area contributed by atoms with Crippen molar-refractivity contribution >= 4 is 33.7 Å². The second-order valence-electron chi connectivity index (χ2n) is 5.95. The Kier molecular flexibility index (Phi) is 5.33. The maximum absolute atomic E-state index is 13.0. The molecule has 23 heavy (non-hydrogen) atoms. The van der Waals surface area contributed by atoms with Gasteiger partial charge in [0.2, 0.25) is 0 Å². The summed E-state index contributed by atoms with van der Waals surface area (Å²) in [6, 6.07) is 4.61. The zero-order valence-corrected chi connectivity index (χ0v) is 15.1. The number of nitrogen functional groups attached to an aromatic ring is 1. The van der Waals surface area contributed by atoms with Gasteiger partial charge in [0.15, 0.2) is 5.13 Å². The van der Waals surface area contributed by atoms with Crippen LogP contribution in [0.3, 0.4) is 0 Å². The number of aryl methyl sites for hydroxylation is 2. The minimum Gasteiger partial charge on any atom is -0.375 e. The van der Waals surface area contributed by atoms with Crippen molar-refractivity contribution in [3.05, 3.63) is 33.0 Å². The van der Waals surface area contributed by atoms with E-state index in [1.54, 1.807) is 11.3 Å². The van der Waals surface area contributed by atoms with E-state index < -0.39 is 0 Å². The summed E-state index contributed by atoms with van der Waals surface area (Å²) in [4.78, 5) is 21.5. The van der Waals surface area contributed by atoms with E-state index in [0.29, 0.717) is 11.2 Å². The normalized spacial score (nSPS) is 18.3. The molecule has 3 rings (SSSR count). The van der Waals surface area contributed by atoms with Crippen molar-refractivity contribution in [3.8, 4) is 0 Å². The number of anilines is 1. The highest BCUT2D eigenvalue weighted by atomic mass is 32.1. The lowest BCUT2D eigenvalue weighted by Gasteiger charge is -2.35. The number of rotatable bonds is 5. The van der Waals surface area contributed by atoms with Gasteiger partial charge in [-0.05, 0) is 50.0 Å². The van der Waals surface area contributed by atoms with Crippen LogP contribution in [0.5, 0.6) is 0 Å². The highest BCUT2D eigenvalue weighted by Crippen LogP contribution is 2.28. The third-order valence-electron chi connectivity index (χ3n) is 4.44. The first-order chi connectivity index (χ1) is 11.2. The van der Waals surface area contributed by atoms with Crippen molar-refractivity contribution in [2.24, 2.45) is 0 Å². The Bertz CT molecular complexity index is 651. The number of nitrogens with zero attached hydrogens (tertiary/aromatic N) is 2. The Morgan fingerprint density at radius 1 is 1.48 bits per heavy atom. The molecular formula is C17H23N3OS2. The number of aromatic nitrogens is 1. The van der Waals surface area contributed by atoms with Crippen molar-refractivity contribution in [2.75, 3.05) is 12.3 Å². The highest BCUT2D eigenvalue weighted by molar-refractivity contribution is 7.17. The van der Waals surface area contributed by atoms with Crippen LogP contribution in [0, 0.1) is 0 Å². The zero-order valence-electron chi connectivity index (χ0n) is 13.5. The molecule has 4 nitrogen and oxygen atoms in total. The topological polar surface area (TPSA) is 59.2 Å². The second-order valence-corrected chi connectivity index (χ2v) is 8.01. The molecule has 3 heterocycles. The molecule has 2 aromatic heterocycles. The van der Waals surface area contributed by atoms with Crippen molar-refractivity contribution in [1.29, 1.82) is 0 Å². The third-order valence-corrected chi connectivity index (χ3v) is 6.29. The largest absolute Gasteiger partial charge is 0.375 e.